The van der Waals surface area contributed by atoms with Crippen molar-refractivity contribution in [3.8, 4) is 11.5 Å². The van der Waals surface area contributed by atoms with Gasteiger partial charge in [0.1, 0.15) is 11.5 Å². The highest BCUT2D eigenvalue weighted by Gasteiger charge is 2.48. The van der Waals surface area contributed by atoms with E-state index >= 15 is 0 Å². The van der Waals surface area contributed by atoms with E-state index in [4.69, 9.17) is 14.2 Å². The first-order chi connectivity index (χ1) is 15.1. The summed E-state index contributed by atoms with van der Waals surface area (Å²) < 4.78 is 16.3. The molecule has 0 aliphatic heterocycles. The molecule has 0 radical (unpaired) electrons. The van der Waals surface area contributed by atoms with Crippen LogP contribution in [0.5, 0.6) is 11.5 Å². The van der Waals surface area contributed by atoms with E-state index in [-0.39, 0.29) is 11.9 Å². The number of esters is 1. The van der Waals surface area contributed by atoms with E-state index in [9.17, 15) is 9.90 Å². The summed E-state index contributed by atoms with van der Waals surface area (Å²) >= 11 is 0. The molecule has 0 spiro atoms. The van der Waals surface area contributed by atoms with Gasteiger partial charge >= 0.3 is 5.97 Å². The van der Waals surface area contributed by atoms with Crippen molar-refractivity contribution in [2.24, 2.45) is 5.92 Å². The summed E-state index contributed by atoms with van der Waals surface area (Å²) in [5.74, 6) is -0.686. The SMILES string of the molecule is COC(=O)[C@@H]1[C@@H](c2ccccc2)c2ccccc2[C@@H](O)[C@@H]1c1cc(OC)ccc1OC. The second-order valence-electron chi connectivity index (χ2n) is 7.64. The lowest BCUT2D eigenvalue weighted by atomic mass is 9.63. The molecule has 0 unspecified atom stereocenters. The molecule has 0 bridgehead atoms. The smallest absolute Gasteiger partial charge is 0.310 e. The van der Waals surface area contributed by atoms with Crippen molar-refractivity contribution in [2.75, 3.05) is 21.3 Å². The van der Waals surface area contributed by atoms with Crippen LogP contribution >= 0.6 is 0 Å². The van der Waals surface area contributed by atoms with Gasteiger partial charge in [0.05, 0.1) is 33.4 Å². The van der Waals surface area contributed by atoms with Crippen LogP contribution in [0, 0.1) is 5.92 Å². The topological polar surface area (TPSA) is 65.0 Å². The maximum absolute atomic E-state index is 13.2. The van der Waals surface area contributed by atoms with Crippen LogP contribution < -0.4 is 9.47 Å². The maximum Gasteiger partial charge on any atom is 0.310 e. The van der Waals surface area contributed by atoms with Crippen molar-refractivity contribution in [3.63, 3.8) is 0 Å². The lowest BCUT2D eigenvalue weighted by molar-refractivity contribution is -0.148. The van der Waals surface area contributed by atoms with Gasteiger partial charge in [-0.15, -0.1) is 0 Å². The van der Waals surface area contributed by atoms with Crippen molar-refractivity contribution in [1.29, 1.82) is 0 Å². The molecule has 0 heterocycles. The zero-order valence-corrected chi connectivity index (χ0v) is 17.8. The Morgan fingerprint density at radius 2 is 1.48 bits per heavy atom. The highest BCUT2D eigenvalue weighted by Crippen LogP contribution is 2.54. The second-order valence-corrected chi connectivity index (χ2v) is 7.64. The van der Waals surface area contributed by atoms with Gasteiger partial charge in [0, 0.05) is 17.4 Å². The van der Waals surface area contributed by atoms with Gasteiger partial charge in [-0.25, -0.2) is 0 Å². The molecule has 4 rings (SSSR count). The maximum atomic E-state index is 13.2. The van der Waals surface area contributed by atoms with E-state index < -0.39 is 17.9 Å². The number of benzene rings is 3. The number of aliphatic hydroxyl groups excluding tert-OH is 1. The van der Waals surface area contributed by atoms with E-state index in [1.165, 1.54) is 7.11 Å². The van der Waals surface area contributed by atoms with Gasteiger partial charge in [0.15, 0.2) is 0 Å². The summed E-state index contributed by atoms with van der Waals surface area (Å²) in [7, 11) is 4.55. The Balaban J connectivity index is 2.00. The van der Waals surface area contributed by atoms with Crippen LogP contribution in [0.25, 0.3) is 0 Å². The summed E-state index contributed by atoms with van der Waals surface area (Å²) in [6.07, 6.45) is -0.915. The van der Waals surface area contributed by atoms with Crippen LogP contribution in [0.4, 0.5) is 0 Å². The Morgan fingerprint density at radius 3 is 2.13 bits per heavy atom. The third-order valence-electron chi connectivity index (χ3n) is 6.16. The lowest BCUT2D eigenvalue weighted by Crippen LogP contribution is -2.38. The molecule has 1 aliphatic carbocycles. The molecule has 31 heavy (non-hydrogen) atoms. The van der Waals surface area contributed by atoms with Crippen LogP contribution in [-0.2, 0) is 9.53 Å². The third kappa shape index (κ3) is 3.66. The molecule has 0 aromatic heterocycles. The van der Waals surface area contributed by atoms with Crippen molar-refractivity contribution in [3.05, 3.63) is 95.1 Å². The first-order valence-corrected chi connectivity index (χ1v) is 10.2. The average molecular weight is 418 g/mol. The Labute approximate surface area is 182 Å². The van der Waals surface area contributed by atoms with Gasteiger partial charge in [-0.3, -0.25) is 4.79 Å². The van der Waals surface area contributed by atoms with E-state index in [1.807, 2.05) is 60.7 Å². The Hall–Kier alpha value is -3.31. The van der Waals surface area contributed by atoms with Gasteiger partial charge in [-0.05, 0) is 34.9 Å². The standard InChI is InChI=1S/C26H26O5/c1-29-17-13-14-21(30-2)20(15-17)23-24(26(28)31-3)22(16-9-5-4-6-10-16)18-11-7-8-12-19(18)25(23)27/h4-15,22-25,27H,1-3H3/t22-,23+,24+,25+/m0/s1. The highest BCUT2D eigenvalue weighted by molar-refractivity contribution is 5.77. The Morgan fingerprint density at radius 1 is 0.806 bits per heavy atom. The van der Waals surface area contributed by atoms with Crippen molar-refractivity contribution in [1.82, 2.24) is 0 Å². The molecule has 1 aliphatic rings. The summed E-state index contributed by atoms with van der Waals surface area (Å²) in [6, 6.07) is 23.0. The first-order valence-electron chi connectivity index (χ1n) is 10.2. The number of hydrogen-bond donors (Lipinski definition) is 1. The van der Waals surface area contributed by atoms with Crippen LogP contribution in [0.15, 0.2) is 72.8 Å². The fraction of sp³-hybridized carbons (Fsp3) is 0.269. The molecule has 0 saturated heterocycles. The quantitative estimate of drug-likeness (QED) is 0.620. The predicted molar refractivity (Wildman–Crippen MR) is 117 cm³/mol. The van der Waals surface area contributed by atoms with Crippen molar-refractivity contribution in [2.45, 2.75) is 17.9 Å². The molecule has 0 saturated carbocycles. The molecule has 1 N–H and O–H groups in total. The van der Waals surface area contributed by atoms with Gasteiger partial charge in [-0.2, -0.15) is 0 Å². The molecule has 3 aromatic carbocycles. The predicted octanol–water partition coefficient (Wildman–Crippen LogP) is 4.46. The number of fused-ring (bicyclic) bond motifs is 1. The Bertz CT molecular complexity index is 1060. The number of carbonyl (C=O) groups excluding carboxylic acids is 1. The van der Waals surface area contributed by atoms with Crippen molar-refractivity contribution >= 4 is 5.97 Å². The van der Waals surface area contributed by atoms with E-state index in [2.05, 4.69) is 0 Å². The molecular weight excluding hydrogens is 392 g/mol. The van der Waals surface area contributed by atoms with Gasteiger partial charge < -0.3 is 19.3 Å². The fourth-order valence-corrected chi connectivity index (χ4v) is 4.78. The fourth-order valence-electron chi connectivity index (χ4n) is 4.78. The number of hydrogen-bond acceptors (Lipinski definition) is 5. The van der Waals surface area contributed by atoms with Crippen LogP contribution in [0.3, 0.4) is 0 Å². The van der Waals surface area contributed by atoms with Crippen LogP contribution in [0.1, 0.15) is 40.2 Å². The molecule has 5 heteroatoms. The lowest BCUT2D eigenvalue weighted by Gasteiger charge is -2.42. The molecule has 4 atom stereocenters. The zero-order chi connectivity index (χ0) is 22.0. The zero-order valence-electron chi connectivity index (χ0n) is 17.8. The molecule has 0 fully saturated rings. The first kappa shape index (κ1) is 20.9. The highest BCUT2D eigenvalue weighted by atomic mass is 16.5. The molecular formula is C26H26O5. The van der Waals surface area contributed by atoms with Gasteiger partial charge in [0.2, 0.25) is 0 Å². The minimum Gasteiger partial charge on any atom is -0.497 e. The molecule has 0 amide bonds. The monoisotopic (exact) mass is 418 g/mol. The summed E-state index contributed by atoms with van der Waals surface area (Å²) in [5.41, 5.74) is 3.42. The summed E-state index contributed by atoms with van der Waals surface area (Å²) in [6.45, 7) is 0. The number of methoxy groups -OCH3 is 3. The normalized spacial score (nSPS) is 22.3. The summed E-state index contributed by atoms with van der Waals surface area (Å²) in [5, 5.41) is 11.5. The molecule has 3 aromatic rings. The number of rotatable bonds is 5. The van der Waals surface area contributed by atoms with Gasteiger partial charge in [0.25, 0.3) is 0 Å². The largest absolute Gasteiger partial charge is 0.497 e. The van der Waals surface area contributed by atoms with E-state index in [0.717, 1.165) is 16.7 Å². The number of aliphatic hydroxyl groups is 1. The number of carbonyl (C=O) groups is 1. The van der Waals surface area contributed by atoms with E-state index in [1.54, 1.807) is 26.4 Å². The number of ether oxygens (including phenoxy) is 3. The third-order valence-corrected chi connectivity index (χ3v) is 6.16. The minimum absolute atomic E-state index is 0.283. The average Bonchev–Trinajstić information content (AvgIpc) is 2.83. The molecule has 5 nitrogen and oxygen atoms in total. The summed E-state index contributed by atoms with van der Waals surface area (Å²) in [4.78, 5) is 13.2. The Kier molecular flexibility index (Phi) is 5.96. The van der Waals surface area contributed by atoms with E-state index in [0.29, 0.717) is 17.1 Å². The molecule has 160 valence electrons. The minimum atomic E-state index is -0.915. The second kappa shape index (κ2) is 8.82. The van der Waals surface area contributed by atoms with Gasteiger partial charge in [-0.1, -0.05) is 54.6 Å². The van der Waals surface area contributed by atoms with Crippen LogP contribution in [-0.4, -0.2) is 32.4 Å². The van der Waals surface area contributed by atoms with Crippen LogP contribution in [0.2, 0.25) is 0 Å². The van der Waals surface area contributed by atoms with Crippen molar-refractivity contribution < 1.29 is 24.1 Å².